The third-order valence-corrected chi connectivity index (χ3v) is 7.53. The molecular formula is C31H32ClN3O3. The van der Waals surface area contributed by atoms with Crippen molar-refractivity contribution in [3.63, 3.8) is 0 Å². The number of amides is 1. The second-order valence-corrected chi connectivity index (χ2v) is 11.2. The summed E-state index contributed by atoms with van der Waals surface area (Å²) in [5.74, 6) is 0.133. The first-order valence-corrected chi connectivity index (χ1v) is 13.3. The molecule has 1 aliphatic carbocycles. The van der Waals surface area contributed by atoms with E-state index < -0.39 is 6.04 Å². The van der Waals surface area contributed by atoms with E-state index in [4.69, 9.17) is 11.6 Å². The normalized spacial score (nSPS) is 18.2. The maximum Gasteiger partial charge on any atom is 0.239 e. The number of carbonyl (C=O) groups is 2. The van der Waals surface area contributed by atoms with Crippen molar-refractivity contribution in [2.24, 2.45) is 5.41 Å². The summed E-state index contributed by atoms with van der Waals surface area (Å²) in [7, 11) is 0. The highest BCUT2D eigenvalue weighted by atomic mass is 35.5. The number of hydrogen-bond acceptors (Lipinski definition) is 5. The number of hydrogen-bond donors (Lipinski definition) is 3. The van der Waals surface area contributed by atoms with Crippen LogP contribution in [-0.2, 0) is 16.0 Å². The van der Waals surface area contributed by atoms with E-state index in [-0.39, 0.29) is 29.4 Å². The van der Waals surface area contributed by atoms with E-state index in [1.165, 1.54) is 0 Å². The Balaban J connectivity index is 1.51. The van der Waals surface area contributed by atoms with Crippen LogP contribution in [0.25, 0.3) is 0 Å². The molecule has 0 radical (unpaired) electrons. The predicted octanol–water partition coefficient (Wildman–Crippen LogP) is 6.02. The number of nitrogens with one attached hydrogen (secondary N) is 2. The second kappa shape index (κ2) is 10.5. The van der Waals surface area contributed by atoms with Gasteiger partial charge < -0.3 is 20.6 Å². The summed E-state index contributed by atoms with van der Waals surface area (Å²) in [6.45, 7) is 4.72. The molecule has 3 aromatic carbocycles. The van der Waals surface area contributed by atoms with Crippen molar-refractivity contribution in [2.75, 3.05) is 23.3 Å². The number of nitrogens with zero attached hydrogens (tertiary/aromatic N) is 1. The number of halogens is 1. The maximum absolute atomic E-state index is 13.7. The summed E-state index contributed by atoms with van der Waals surface area (Å²) < 4.78 is 0. The van der Waals surface area contributed by atoms with Crippen molar-refractivity contribution in [3.8, 4) is 5.75 Å². The highest BCUT2D eigenvalue weighted by Gasteiger charge is 2.42. The third kappa shape index (κ3) is 5.41. The summed E-state index contributed by atoms with van der Waals surface area (Å²) in [6.07, 6.45) is 1.79. The Morgan fingerprint density at radius 2 is 1.76 bits per heavy atom. The maximum atomic E-state index is 13.7. The molecule has 5 rings (SSSR count). The van der Waals surface area contributed by atoms with Crippen LogP contribution in [0.4, 0.5) is 11.4 Å². The molecule has 196 valence electrons. The van der Waals surface area contributed by atoms with Gasteiger partial charge in [0.15, 0.2) is 5.78 Å². The Kier molecular flexibility index (Phi) is 7.17. The van der Waals surface area contributed by atoms with Crippen molar-refractivity contribution < 1.29 is 14.7 Å². The molecule has 0 saturated carbocycles. The second-order valence-electron chi connectivity index (χ2n) is 10.8. The largest absolute Gasteiger partial charge is 0.508 e. The summed E-state index contributed by atoms with van der Waals surface area (Å²) in [5, 5.41) is 16.7. The van der Waals surface area contributed by atoms with Crippen LogP contribution in [0, 0.1) is 5.41 Å². The smallest absolute Gasteiger partial charge is 0.239 e. The van der Waals surface area contributed by atoms with Gasteiger partial charge in [0.05, 0.1) is 24.0 Å². The van der Waals surface area contributed by atoms with E-state index in [0.29, 0.717) is 30.0 Å². The van der Waals surface area contributed by atoms with Gasteiger partial charge in [-0.2, -0.15) is 0 Å². The molecule has 6 nitrogen and oxygen atoms in total. The molecule has 3 N–H and O–H groups in total. The van der Waals surface area contributed by atoms with E-state index in [2.05, 4.69) is 24.5 Å². The van der Waals surface area contributed by atoms with Crippen LogP contribution in [-0.4, -0.2) is 29.9 Å². The lowest BCUT2D eigenvalue weighted by Gasteiger charge is -2.38. The fourth-order valence-corrected chi connectivity index (χ4v) is 5.71. The van der Waals surface area contributed by atoms with E-state index >= 15 is 0 Å². The average Bonchev–Trinajstić information content (AvgIpc) is 2.99. The molecular weight excluding hydrogens is 498 g/mol. The minimum absolute atomic E-state index is 0.0532. The zero-order chi connectivity index (χ0) is 26.9. The third-order valence-electron chi connectivity index (χ3n) is 7.19. The van der Waals surface area contributed by atoms with E-state index in [1.54, 1.807) is 12.1 Å². The van der Waals surface area contributed by atoms with Crippen molar-refractivity contribution in [1.82, 2.24) is 5.32 Å². The Bertz CT molecular complexity index is 1400. The first-order chi connectivity index (χ1) is 18.2. The molecule has 7 heteroatoms. The first-order valence-electron chi connectivity index (χ1n) is 12.9. The molecule has 1 unspecified atom stereocenters. The Labute approximate surface area is 228 Å². The van der Waals surface area contributed by atoms with E-state index in [9.17, 15) is 14.7 Å². The number of benzene rings is 3. The van der Waals surface area contributed by atoms with Gasteiger partial charge >= 0.3 is 0 Å². The van der Waals surface area contributed by atoms with Crippen molar-refractivity contribution >= 4 is 34.7 Å². The van der Waals surface area contributed by atoms with Gasteiger partial charge in [0.25, 0.3) is 0 Å². The van der Waals surface area contributed by atoms with Crippen molar-refractivity contribution in [2.45, 2.75) is 39.2 Å². The Morgan fingerprint density at radius 3 is 2.53 bits per heavy atom. The Morgan fingerprint density at radius 1 is 1.05 bits per heavy atom. The SMILES string of the molecule is CC1(C)CC(=O)C2=C(C1)Nc1ccccc1N(CC(=O)NCCc1ccc(O)cc1)C2c1ccccc1Cl. The number of allylic oxidation sites excluding steroid dienone is 1. The number of aromatic hydroxyl groups is 1. The van der Waals surface area contributed by atoms with Crippen LogP contribution >= 0.6 is 11.6 Å². The van der Waals surface area contributed by atoms with Gasteiger partial charge in [-0.3, -0.25) is 9.59 Å². The quantitative estimate of drug-likeness (QED) is 0.364. The van der Waals surface area contributed by atoms with Crippen molar-refractivity contribution in [3.05, 3.63) is 100 Å². The predicted molar refractivity (Wildman–Crippen MR) is 151 cm³/mol. The molecule has 0 spiro atoms. The van der Waals surface area contributed by atoms with Crippen LogP contribution in [0.1, 0.15) is 43.9 Å². The summed E-state index contributed by atoms with van der Waals surface area (Å²) >= 11 is 6.74. The molecule has 0 aromatic heterocycles. The van der Waals surface area contributed by atoms with Gasteiger partial charge in [0, 0.05) is 29.3 Å². The van der Waals surface area contributed by atoms with Gasteiger partial charge in [-0.25, -0.2) is 0 Å². The zero-order valence-corrected chi connectivity index (χ0v) is 22.4. The molecule has 3 aromatic rings. The zero-order valence-electron chi connectivity index (χ0n) is 21.6. The van der Waals surface area contributed by atoms with Crippen LogP contribution in [0.2, 0.25) is 5.02 Å². The van der Waals surface area contributed by atoms with Crippen LogP contribution in [0.15, 0.2) is 84.1 Å². The van der Waals surface area contributed by atoms with Gasteiger partial charge in [-0.15, -0.1) is 0 Å². The van der Waals surface area contributed by atoms with E-state index in [0.717, 1.165) is 34.6 Å². The summed E-state index contributed by atoms with van der Waals surface area (Å²) in [6, 6.07) is 21.9. The first kappa shape index (κ1) is 25.9. The molecule has 2 aliphatic rings. The molecule has 1 heterocycles. The number of anilines is 2. The summed E-state index contributed by atoms with van der Waals surface area (Å²) in [5.41, 5.74) is 4.90. The summed E-state index contributed by atoms with van der Waals surface area (Å²) in [4.78, 5) is 29.1. The van der Waals surface area contributed by atoms with Gasteiger partial charge in [0.2, 0.25) is 5.91 Å². The number of rotatable bonds is 6. The molecule has 1 atom stereocenters. The minimum atomic E-state index is -0.513. The van der Waals surface area contributed by atoms with E-state index in [1.807, 2.05) is 65.6 Å². The molecule has 1 aliphatic heterocycles. The van der Waals surface area contributed by atoms with Crippen LogP contribution in [0.5, 0.6) is 5.75 Å². The highest BCUT2D eigenvalue weighted by Crippen LogP contribution is 2.49. The molecule has 1 amide bonds. The average molecular weight is 530 g/mol. The lowest BCUT2D eigenvalue weighted by Crippen LogP contribution is -2.42. The number of fused-ring (bicyclic) bond motifs is 1. The topological polar surface area (TPSA) is 81.7 Å². The minimum Gasteiger partial charge on any atom is -0.508 e. The fourth-order valence-electron chi connectivity index (χ4n) is 5.47. The highest BCUT2D eigenvalue weighted by molar-refractivity contribution is 6.31. The number of carbonyl (C=O) groups excluding carboxylic acids is 2. The number of para-hydroxylation sites is 2. The number of phenols is 1. The van der Waals surface area contributed by atoms with Gasteiger partial charge in [-0.05, 0) is 59.7 Å². The molecule has 0 bridgehead atoms. The van der Waals surface area contributed by atoms with Gasteiger partial charge in [-0.1, -0.05) is 67.9 Å². The lowest BCUT2D eigenvalue weighted by atomic mass is 9.73. The standard InChI is InChI=1S/C31H32ClN3O3/c1-31(2)17-25-29(27(37)18-31)30(22-7-3-4-8-23(22)32)35(26-10-6-5-9-24(26)34-25)19-28(38)33-16-15-20-11-13-21(36)14-12-20/h3-14,30,34,36H,15-19H2,1-2H3,(H,33,38). The van der Waals surface area contributed by atoms with Crippen LogP contribution in [0.3, 0.4) is 0 Å². The lowest BCUT2D eigenvalue weighted by molar-refractivity contribution is -0.120. The van der Waals surface area contributed by atoms with Gasteiger partial charge in [0.1, 0.15) is 5.75 Å². The molecule has 0 fully saturated rings. The molecule has 38 heavy (non-hydrogen) atoms. The number of phenolic OH excluding ortho intramolecular Hbond substituents is 1. The fraction of sp³-hybridized carbons (Fsp3) is 0.290. The van der Waals surface area contributed by atoms with Crippen LogP contribution < -0.4 is 15.5 Å². The van der Waals surface area contributed by atoms with Crippen molar-refractivity contribution in [1.29, 1.82) is 0 Å². The monoisotopic (exact) mass is 529 g/mol. The number of Topliss-reactive ketones (excluding diaryl/α,β-unsaturated/α-hetero) is 1. The Hall–Kier alpha value is -3.77. The number of ketones is 1. The molecule has 0 saturated heterocycles.